The number of pyridine rings is 1. The van der Waals surface area contributed by atoms with Gasteiger partial charge in [0.15, 0.2) is 10.1 Å². The molecule has 10 nitrogen and oxygen atoms in total. The summed E-state index contributed by atoms with van der Waals surface area (Å²) in [5, 5.41) is 22.4. The summed E-state index contributed by atoms with van der Waals surface area (Å²) < 4.78 is 5.68. The highest BCUT2D eigenvalue weighted by atomic mass is 35.5. The molecule has 0 bridgehead atoms. The molecule has 3 heterocycles. The van der Waals surface area contributed by atoms with Gasteiger partial charge in [-0.05, 0) is 41.7 Å². The summed E-state index contributed by atoms with van der Waals surface area (Å²) in [7, 11) is 1.52. The number of ether oxygens (including phenoxy) is 1. The minimum absolute atomic E-state index is 0.0372. The number of methoxy groups -OCH3 is 1. The van der Waals surface area contributed by atoms with Gasteiger partial charge in [0.25, 0.3) is 0 Å². The summed E-state index contributed by atoms with van der Waals surface area (Å²) >= 11 is 8.60. The predicted molar refractivity (Wildman–Crippen MR) is 159 cm³/mol. The average molecular weight is 608 g/mol. The summed E-state index contributed by atoms with van der Waals surface area (Å²) in [5.41, 5.74) is 9.10. The molecule has 2 aromatic heterocycles. The highest BCUT2D eigenvalue weighted by Crippen LogP contribution is 2.50. The zero-order chi connectivity index (χ0) is 29.3. The van der Waals surface area contributed by atoms with Gasteiger partial charge >= 0.3 is 0 Å². The standard InChI is InChI=1S/C28H26ClN7O3S2/c1-28(2)10-19-24(20(37)11-28)23(15-5-4-8-32-13-15)17(12-30)25(31)36(19)26-34-35-27(41-26)40-14-22(38)33-16-6-7-21(39-3)18(29)9-16/h4-9,13,23H,10-11,14,31H2,1-3H3,(H,33,38). The lowest BCUT2D eigenvalue weighted by atomic mass is 9.69. The fourth-order valence-corrected chi connectivity index (χ4v) is 6.97. The number of nitrogens with zero attached hydrogens (tertiary/aromatic N) is 5. The molecule has 3 aromatic rings. The van der Waals surface area contributed by atoms with Crippen molar-refractivity contribution < 1.29 is 14.3 Å². The first-order valence-corrected chi connectivity index (χ1v) is 14.8. The van der Waals surface area contributed by atoms with Gasteiger partial charge in [-0.3, -0.25) is 19.5 Å². The molecular weight excluding hydrogens is 582 g/mol. The van der Waals surface area contributed by atoms with Crippen LogP contribution >= 0.6 is 34.7 Å². The van der Waals surface area contributed by atoms with Crippen LogP contribution in [0.25, 0.3) is 0 Å². The van der Waals surface area contributed by atoms with E-state index in [1.807, 2.05) is 19.9 Å². The zero-order valence-electron chi connectivity index (χ0n) is 22.5. The van der Waals surface area contributed by atoms with E-state index < -0.39 is 5.92 Å². The molecule has 1 aromatic carbocycles. The molecule has 1 aliphatic carbocycles. The molecule has 0 fully saturated rings. The molecule has 1 atom stereocenters. The average Bonchev–Trinajstić information content (AvgIpc) is 3.39. The fourth-order valence-electron chi connectivity index (χ4n) is 5.03. The van der Waals surface area contributed by atoms with Gasteiger partial charge in [-0.1, -0.05) is 54.6 Å². The molecule has 1 unspecified atom stereocenters. The lowest BCUT2D eigenvalue weighted by Gasteiger charge is -2.42. The van der Waals surface area contributed by atoms with E-state index in [0.717, 1.165) is 5.56 Å². The molecule has 2 aliphatic rings. The number of allylic oxidation sites excluding steroid dienone is 3. The van der Waals surface area contributed by atoms with Crippen LogP contribution in [0.4, 0.5) is 10.8 Å². The van der Waals surface area contributed by atoms with Crippen molar-refractivity contribution >= 4 is 57.2 Å². The minimum Gasteiger partial charge on any atom is -0.495 e. The first-order chi connectivity index (χ1) is 19.6. The maximum absolute atomic E-state index is 13.6. The number of ketones is 1. The van der Waals surface area contributed by atoms with Gasteiger partial charge in [-0.15, -0.1) is 10.2 Å². The van der Waals surface area contributed by atoms with Crippen LogP contribution < -0.4 is 20.7 Å². The Morgan fingerprint density at radius 2 is 2.15 bits per heavy atom. The van der Waals surface area contributed by atoms with Crippen molar-refractivity contribution in [3.05, 3.63) is 76.0 Å². The molecule has 1 aliphatic heterocycles. The number of carbonyl (C=O) groups excluding carboxylic acids is 2. The summed E-state index contributed by atoms with van der Waals surface area (Å²) in [5.74, 6) is -0.104. The van der Waals surface area contributed by atoms with E-state index in [9.17, 15) is 14.9 Å². The molecule has 3 N–H and O–H groups in total. The van der Waals surface area contributed by atoms with Crippen LogP contribution in [-0.4, -0.2) is 39.7 Å². The molecule has 0 saturated carbocycles. The van der Waals surface area contributed by atoms with Crippen molar-refractivity contribution in [2.45, 2.75) is 36.9 Å². The summed E-state index contributed by atoms with van der Waals surface area (Å²) in [4.78, 5) is 32.1. The maximum Gasteiger partial charge on any atom is 0.234 e. The van der Waals surface area contributed by atoms with Crippen LogP contribution in [-0.2, 0) is 9.59 Å². The third kappa shape index (κ3) is 5.79. The Bertz CT molecular complexity index is 1630. The normalized spacial score (nSPS) is 18.2. The molecule has 0 radical (unpaired) electrons. The van der Waals surface area contributed by atoms with Gasteiger partial charge < -0.3 is 15.8 Å². The minimum atomic E-state index is -0.611. The molecular formula is C28H26ClN7O3S2. The first-order valence-electron chi connectivity index (χ1n) is 12.6. The highest BCUT2D eigenvalue weighted by Gasteiger charge is 2.45. The summed E-state index contributed by atoms with van der Waals surface area (Å²) in [6.45, 7) is 4.06. The van der Waals surface area contributed by atoms with E-state index in [-0.39, 0.29) is 34.3 Å². The van der Waals surface area contributed by atoms with Gasteiger partial charge in [0.2, 0.25) is 11.0 Å². The number of nitriles is 1. The molecule has 210 valence electrons. The van der Waals surface area contributed by atoms with Gasteiger partial charge in [-0.2, -0.15) is 5.26 Å². The van der Waals surface area contributed by atoms with E-state index in [0.29, 0.717) is 50.0 Å². The summed E-state index contributed by atoms with van der Waals surface area (Å²) in [6, 6.07) is 10.8. The van der Waals surface area contributed by atoms with Crippen LogP contribution in [0.2, 0.25) is 5.02 Å². The fraction of sp³-hybridized carbons (Fsp3) is 0.286. The third-order valence-electron chi connectivity index (χ3n) is 6.75. The highest BCUT2D eigenvalue weighted by molar-refractivity contribution is 8.01. The Morgan fingerprint density at radius 3 is 2.83 bits per heavy atom. The number of halogens is 1. The van der Waals surface area contributed by atoms with Gasteiger partial charge in [0, 0.05) is 35.8 Å². The van der Waals surface area contributed by atoms with Crippen molar-refractivity contribution in [3.63, 3.8) is 0 Å². The number of aromatic nitrogens is 3. The molecule has 1 amide bonds. The first kappa shape index (κ1) is 28.6. The number of anilines is 2. The van der Waals surface area contributed by atoms with Crippen molar-refractivity contribution in [1.82, 2.24) is 15.2 Å². The number of rotatable bonds is 7. The van der Waals surface area contributed by atoms with Crippen molar-refractivity contribution in [3.8, 4) is 11.8 Å². The Kier molecular flexibility index (Phi) is 8.04. The predicted octanol–water partition coefficient (Wildman–Crippen LogP) is 5.27. The van der Waals surface area contributed by atoms with Gasteiger partial charge in [0.05, 0.1) is 35.4 Å². The number of hydrogen-bond acceptors (Lipinski definition) is 11. The number of thioether (sulfide) groups is 1. The largest absolute Gasteiger partial charge is 0.495 e. The monoisotopic (exact) mass is 607 g/mol. The number of nitrogens with two attached hydrogens (primary N) is 1. The molecule has 5 rings (SSSR count). The smallest absolute Gasteiger partial charge is 0.234 e. The third-order valence-corrected chi connectivity index (χ3v) is 9.09. The van der Waals surface area contributed by atoms with Crippen molar-refractivity contribution in [2.75, 3.05) is 23.1 Å². The van der Waals surface area contributed by atoms with E-state index in [2.05, 4.69) is 26.6 Å². The number of amides is 1. The second-order valence-corrected chi connectivity index (χ2v) is 12.9. The zero-order valence-corrected chi connectivity index (χ0v) is 24.9. The Balaban J connectivity index is 1.42. The summed E-state index contributed by atoms with van der Waals surface area (Å²) in [6.07, 6.45) is 4.21. The quantitative estimate of drug-likeness (QED) is 0.340. The molecule has 0 saturated heterocycles. The van der Waals surface area contributed by atoms with E-state index in [4.69, 9.17) is 22.1 Å². The van der Waals surface area contributed by atoms with Crippen LogP contribution in [0.3, 0.4) is 0 Å². The lowest BCUT2D eigenvalue weighted by Crippen LogP contribution is -2.42. The maximum atomic E-state index is 13.6. The van der Waals surface area contributed by atoms with Crippen molar-refractivity contribution in [1.29, 1.82) is 5.26 Å². The number of carbonyl (C=O) groups is 2. The number of benzene rings is 1. The van der Waals surface area contributed by atoms with Crippen LogP contribution in [0.1, 0.15) is 38.2 Å². The Labute approximate surface area is 250 Å². The van der Waals surface area contributed by atoms with Crippen LogP contribution in [0, 0.1) is 16.7 Å². The van der Waals surface area contributed by atoms with Gasteiger partial charge in [0.1, 0.15) is 11.6 Å². The lowest BCUT2D eigenvalue weighted by molar-refractivity contribution is -0.118. The van der Waals surface area contributed by atoms with E-state index in [1.54, 1.807) is 41.6 Å². The molecule has 41 heavy (non-hydrogen) atoms. The van der Waals surface area contributed by atoms with Crippen molar-refractivity contribution in [2.24, 2.45) is 11.1 Å². The number of nitrogens with one attached hydrogen (secondary N) is 1. The van der Waals surface area contributed by atoms with Gasteiger partial charge in [-0.25, -0.2) is 0 Å². The second kappa shape index (κ2) is 11.5. The van der Waals surface area contributed by atoms with Crippen LogP contribution in [0.5, 0.6) is 5.75 Å². The number of Topliss-reactive ketones (excluding diaryl/α,β-unsaturated/α-hetero) is 1. The molecule has 0 spiro atoms. The van der Waals surface area contributed by atoms with Crippen LogP contribution in [0.15, 0.2) is 69.7 Å². The van der Waals surface area contributed by atoms with E-state index >= 15 is 0 Å². The molecule has 13 heteroatoms. The Morgan fingerprint density at radius 1 is 1.34 bits per heavy atom. The second-order valence-electron chi connectivity index (χ2n) is 10.3. The Hall–Kier alpha value is -3.92. The van der Waals surface area contributed by atoms with E-state index in [1.165, 1.54) is 30.2 Å². The topological polar surface area (TPSA) is 147 Å². The SMILES string of the molecule is COc1ccc(NC(=O)CSc2nnc(N3C(N)=C(C#N)C(c4cccnc4)C4=C3CC(C)(C)CC4=O)s2)cc1Cl. The number of hydrogen-bond donors (Lipinski definition) is 2.